The quantitative estimate of drug-likeness (QED) is 0.509. The highest BCUT2D eigenvalue weighted by Gasteiger charge is 2.55. The van der Waals surface area contributed by atoms with Crippen molar-refractivity contribution >= 4 is 17.9 Å². The van der Waals surface area contributed by atoms with Gasteiger partial charge < -0.3 is 25.0 Å². The molecule has 31 heavy (non-hydrogen) atoms. The molecule has 8 nitrogen and oxygen atoms in total. The summed E-state index contributed by atoms with van der Waals surface area (Å²) in [6, 6.07) is -0.754. The Kier molecular flexibility index (Phi) is 7.26. The minimum Gasteiger partial charge on any atom is -0.445 e. The van der Waals surface area contributed by atoms with Crippen molar-refractivity contribution in [3.63, 3.8) is 0 Å². The molecule has 0 aromatic carbocycles. The highest BCUT2D eigenvalue weighted by molar-refractivity contribution is 6.00. The number of ether oxygens (including phenoxy) is 1. The molecule has 0 radical (unpaired) electrons. The van der Waals surface area contributed by atoms with Crippen molar-refractivity contribution in [3.8, 4) is 11.8 Å². The molecule has 0 unspecified atom stereocenters. The van der Waals surface area contributed by atoms with Crippen LogP contribution in [0.4, 0.5) is 4.79 Å². The number of nitrogens with zero attached hydrogens (tertiary/aromatic N) is 2. The van der Waals surface area contributed by atoms with Crippen LogP contribution in [0.25, 0.3) is 0 Å². The fourth-order valence-corrected chi connectivity index (χ4v) is 4.97. The molecule has 170 valence electrons. The van der Waals surface area contributed by atoms with E-state index in [0.717, 1.165) is 19.3 Å². The minimum atomic E-state index is -1.04. The van der Waals surface area contributed by atoms with Gasteiger partial charge in [0.1, 0.15) is 18.2 Å². The van der Waals surface area contributed by atoms with Crippen molar-refractivity contribution in [1.29, 1.82) is 0 Å². The lowest BCUT2D eigenvalue weighted by Gasteiger charge is -2.51. The van der Waals surface area contributed by atoms with Crippen LogP contribution in [0.15, 0.2) is 12.7 Å². The molecule has 3 rings (SSSR count). The number of rotatable bonds is 5. The fraction of sp³-hybridized carbons (Fsp3) is 0.696. The molecule has 2 saturated heterocycles. The van der Waals surface area contributed by atoms with Crippen LogP contribution in [0.2, 0.25) is 0 Å². The van der Waals surface area contributed by atoms with Gasteiger partial charge in [0.2, 0.25) is 11.8 Å². The standard InChI is InChI=1S/C23H33N3O5/c1-3-5-13-26-19(27)18(17-22(30)9-7-6-8-10-22)24-20(28)23(26)11-14-25(15-12-23)21(29)31-16-4-2/h4,18,30H,2,6-17H2,1H3,(H,24,28)/t18-/m1/s1. The zero-order valence-corrected chi connectivity index (χ0v) is 18.3. The van der Waals surface area contributed by atoms with Gasteiger partial charge in [0, 0.05) is 19.5 Å². The van der Waals surface area contributed by atoms with E-state index in [9.17, 15) is 19.5 Å². The maximum Gasteiger partial charge on any atom is 0.410 e. The van der Waals surface area contributed by atoms with Crippen molar-refractivity contribution in [1.82, 2.24) is 15.1 Å². The molecule has 2 N–H and O–H groups in total. The lowest BCUT2D eigenvalue weighted by Crippen LogP contribution is -2.73. The van der Waals surface area contributed by atoms with Gasteiger partial charge in [-0.05, 0) is 32.6 Å². The number of aliphatic hydroxyl groups is 1. The molecule has 8 heteroatoms. The molecule has 1 spiro atoms. The van der Waals surface area contributed by atoms with Crippen LogP contribution in [-0.4, -0.2) is 76.2 Å². The fourth-order valence-electron chi connectivity index (χ4n) is 4.97. The largest absolute Gasteiger partial charge is 0.445 e. The average Bonchev–Trinajstić information content (AvgIpc) is 2.76. The van der Waals surface area contributed by atoms with Crippen LogP contribution < -0.4 is 5.32 Å². The van der Waals surface area contributed by atoms with Crippen LogP contribution in [-0.2, 0) is 14.3 Å². The Morgan fingerprint density at radius 1 is 1.26 bits per heavy atom. The number of piperidine rings is 1. The van der Waals surface area contributed by atoms with E-state index in [1.165, 1.54) is 6.08 Å². The maximum atomic E-state index is 13.4. The average molecular weight is 432 g/mol. The van der Waals surface area contributed by atoms with Gasteiger partial charge in [-0.25, -0.2) is 4.79 Å². The van der Waals surface area contributed by atoms with Gasteiger partial charge in [0.15, 0.2) is 0 Å². The van der Waals surface area contributed by atoms with E-state index in [1.54, 1.807) is 16.7 Å². The zero-order chi connectivity index (χ0) is 22.5. The summed E-state index contributed by atoms with van der Waals surface area (Å²) in [6.45, 7) is 6.12. The molecule has 0 aromatic rings. The summed E-state index contributed by atoms with van der Waals surface area (Å²) < 4.78 is 5.10. The molecule has 1 atom stereocenters. The van der Waals surface area contributed by atoms with Crippen LogP contribution in [0.5, 0.6) is 0 Å². The zero-order valence-electron chi connectivity index (χ0n) is 18.3. The molecule has 0 aromatic heterocycles. The first-order chi connectivity index (χ1) is 14.8. The Bertz CT molecular complexity index is 770. The van der Waals surface area contributed by atoms with Crippen LogP contribution in [0.3, 0.4) is 0 Å². The Balaban J connectivity index is 1.76. The third-order valence-electron chi connectivity index (χ3n) is 6.76. The first-order valence-corrected chi connectivity index (χ1v) is 11.1. The topological polar surface area (TPSA) is 99.2 Å². The molecule has 3 amide bonds. The molecule has 3 aliphatic rings. The van der Waals surface area contributed by atoms with Crippen LogP contribution in [0, 0.1) is 11.8 Å². The van der Waals surface area contributed by atoms with Crippen molar-refractivity contribution < 1.29 is 24.2 Å². The van der Waals surface area contributed by atoms with E-state index in [2.05, 4.69) is 23.7 Å². The predicted molar refractivity (Wildman–Crippen MR) is 115 cm³/mol. The number of carbonyl (C=O) groups is 3. The first kappa shape index (κ1) is 23.1. The van der Waals surface area contributed by atoms with Crippen molar-refractivity contribution in [2.45, 2.75) is 75.5 Å². The number of hydrogen-bond donors (Lipinski definition) is 2. The van der Waals surface area contributed by atoms with Crippen molar-refractivity contribution in [2.75, 3.05) is 26.2 Å². The van der Waals surface area contributed by atoms with E-state index in [-0.39, 0.29) is 31.4 Å². The van der Waals surface area contributed by atoms with Gasteiger partial charge in [0.25, 0.3) is 0 Å². The Morgan fingerprint density at radius 2 is 1.94 bits per heavy atom. The number of nitrogens with one attached hydrogen (secondary N) is 1. The summed E-state index contributed by atoms with van der Waals surface area (Å²) in [5.41, 5.74) is -1.96. The van der Waals surface area contributed by atoms with Crippen molar-refractivity contribution in [2.24, 2.45) is 0 Å². The minimum absolute atomic E-state index is 0.127. The van der Waals surface area contributed by atoms with Gasteiger partial charge >= 0.3 is 6.09 Å². The Morgan fingerprint density at radius 3 is 2.55 bits per heavy atom. The number of likely N-dealkylation sites (tertiary alicyclic amines) is 1. The molecular formula is C23H33N3O5. The van der Waals surface area contributed by atoms with E-state index in [1.807, 2.05) is 0 Å². The number of carbonyl (C=O) groups excluding carboxylic acids is 3. The summed E-state index contributed by atoms with van der Waals surface area (Å²) >= 11 is 0. The van der Waals surface area contributed by atoms with Crippen LogP contribution in [0.1, 0.15) is 58.3 Å². The third kappa shape index (κ3) is 4.87. The van der Waals surface area contributed by atoms with Crippen molar-refractivity contribution in [3.05, 3.63) is 12.7 Å². The summed E-state index contributed by atoms with van der Waals surface area (Å²) in [6.07, 6.45) is 6.15. The maximum absolute atomic E-state index is 13.4. The molecule has 1 aliphatic carbocycles. The smallest absolute Gasteiger partial charge is 0.410 e. The summed E-state index contributed by atoms with van der Waals surface area (Å²) in [5, 5.41) is 13.8. The number of amides is 3. The van der Waals surface area contributed by atoms with Crippen LogP contribution >= 0.6 is 0 Å². The summed E-state index contributed by atoms with van der Waals surface area (Å²) in [4.78, 5) is 42.0. The van der Waals surface area contributed by atoms with Gasteiger partial charge in [-0.15, -0.1) is 5.92 Å². The van der Waals surface area contributed by atoms with Gasteiger partial charge in [-0.3, -0.25) is 9.59 Å². The lowest BCUT2D eigenvalue weighted by atomic mass is 9.77. The molecule has 2 heterocycles. The highest BCUT2D eigenvalue weighted by atomic mass is 16.6. The SMILES string of the molecule is C=CCOC(=O)N1CCC2(CC1)C(=O)N[C@H](CC1(O)CCCCC1)C(=O)N2CC#CC. The lowest BCUT2D eigenvalue weighted by molar-refractivity contribution is -0.162. The van der Waals surface area contributed by atoms with E-state index >= 15 is 0 Å². The number of piperazine rings is 1. The molecular weight excluding hydrogens is 398 g/mol. The Labute approximate surface area is 184 Å². The second-order valence-corrected chi connectivity index (χ2v) is 8.75. The van der Waals surface area contributed by atoms with E-state index in [4.69, 9.17) is 4.74 Å². The van der Waals surface area contributed by atoms with E-state index in [0.29, 0.717) is 38.8 Å². The monoisotopic (exact) mass is 431 g/mol. The van der Waals surface area contributed by atoms with Gasteiger partial charge in [0.05, 0.1) is 12.1 Å². The van der Waals surface area contributed by atoms with Gasteiger partial charge in [-0.2, -0.15) is 0 Å². The Hall–Kier alpha value is -2.53. The third-order valence-corrected chi connectivity index (χ3v) is 6.76. The predicted octanol–water partition coefficient (Wildman–Crippen LogP) is 1.58. The normalized spacial score (nSPS) is 24.8. The summed E-state index contributed by atoms with van der Waals surface area (Å²) in [5.74, 6) is 5.31. The summed E-state index contributed by atoms with van der Waals surface area (Å²) in [7, 11) is 0. The van der Waals surface area contributed by atoms with E-state index < -0.39 is 23.3 Å². The molecule has 0 bridgehead atoms. The highest BCUT2D eigenvalue weighted by Crippen LogP contribution is 2.37. The first-order valence-electron chi connectivity index (χ1n) is 11.1. The van der Waals surface area contributed by atoms with Gasteiger partial charge in [-0.1, -0.05) is 37.8 Å². The molecule has 3 fully saturated rings. The second kappa shape index (κ2) is 9.73. The molecule has 1 saturated carbocycles. The number of hydrogen-bond acceptors (Lipinski definition) is 5. The molecule has 2 aliphatic heterocycles. The second-order valence-electron chi connectivity index (χ2n) is 8.75.